The maximum absolute atomic E-state index is 13.6. The van der Waals surface area contributed by atoms with Crippen molar-refractivity contribution >= 4 is 17.4 Å². The second kappa shape index (κ2) is 8.00. The van der Waals surface area contributed by atoms with Crippen molar-refractivity contribution in [1.82, 2.24) is 14.6 Å². The number of hydrogen-bond acceptors (Lipinski definition) is 7. The van der Waals surface area contributed by atoms with Gasteiger partial charge in [0.05, 0.1) is 18.8 Å². The van der Waals surface area contributed by atoms with E-state index in [-0.39, 0.29) is 30.9 Å². The van der Waals surface area contributed by atoms with Crippen LogP contribution in [-0.4, -0.2) is 44.0 Å². The van der Waals surface area contributed by atoms with Crippen LogP contribution in [0.5, 0.6) is 5.75 Å². The van der Waals surface area contributed by atoms with Gasteiger partial charge >= 0.3 is 5.97 Å². The first kappa shape index (κ1) is 18.6. The zero-order valence-corrected chi connectivity index (χ0v) is 14.6. The number of halogens is 1. The number of carbonyl (C=O) groups excluding carboxylic acids is 1. The molecule has 0 unspecified atom stereocenters. The highest BCUT2D eigenvalue weighted by Gasteiger charge is 2.19. The van der Waals surface area contributed by atoms with Crippen LogP contribution in [0.2, 0.25) is 0 Å². The number of carbonyl (C=O) groups is 1. The van der Waals surface area contributed by atoms with Gasteiger partial charge in [0, 0.05) is 18.4 Å². The fraction of sp³-hybridized carbons (Fsp3) is 0.278. The molecule has 0 saturated carbocycles. The summed E-state index contributed by atoms with van der Waals surface area (Å²) in [5, 5.41) is 26.5. The van der Waals surface area contributed by atoms with Crippen molar-refractivity contribution in [3.63, 3.8) is 0 Å². The van der Waals surface area contributed by atoms with E-state index >= 15 is 0 Å². The first-order valence-corrected chi connectivity index (χ1v) is 8.40. The van der Waals surface area contributed by atoms with E-state index in [0.29, 0.717) is 17.0 Å². The molecule has 142 valence electrons. The Labute approximate surface area is 154 Å². The number of nitrogens with one attached hydrogen (secondary N) is 1. The molecule has 3 N–H and O–H groups in total. The van der Waals surface area contributed by atoms with E-state index in [0.717, 1.165) is 6.07 Å². The third kappa shape index (κ3) is 3.98. The van der Waals surface area contributed by atoms with Crippen molar-refractivity contribution in [1.29, 1.82) is 0 Å². The van der Waals surface area contributed by atoms with Gasteiger partial charge in [0.2, 0.25) is 0 Å². The zero-order valence-electron chi connectivity index (χ0n) is 14.6. The number of ether oxygens (including phenoxy) is 1. The number of phenolic OH excluding ortho intramolecular Hbond substituents is 1. The molecular formula is C18H19FN4O4. The van der Waals surface area contributed by atoms with Crippen molar-refractivity contribution in [2.75, 3.05) is 18.5 Å². The largest absolute Gasteiger partial charge is 0.508 e. The molecule has 1 aromatic carbocycles. The Morgan fingerprint density at radius 3 is 2.96 bits per heavy atom. The number of nitrogens with zero attached hydrogens (tertiary/aromatic N) is 3. The van der Waals surface area contributed by atoms with Crippen molar-refractivity contribution in [3.8, 4) is 5.75 Å². The van der Waals surface area contributed by atoms with E-state index in [9.17, 15) is 19.4 Å². The van der Waals surface area contributed by atoms with Gasteiger partial charge in [0.15, 0.2) is 5.65 Å². The van der Waals surface area contributed by atoms with Crippen LogP contribution in [0.3, 0.4) is 0 Å². The third-order valence-electron chi connectivity index (χ3n) is 3.97. The van der Waals surface area contributed by atoms with Crippen LogP contribution >= 0.6 is 0 Å². The van der Waals surface area contributed by atoms with E-state index in [1.165, 1.54) is 22.8 Å². The lowest BCUT2D eigenvalue weighted by Crippen LogP contribution is -2.14. The Balaban J connectivity index is 1.94. The SMILES string of the molecule is CCOC(=O)c1cnn2ccc(N[C@H](CCO)c3cc(F)ccc3O)nc12. The lowest BCUT2D eigenvalue weighted by atomic mass is 10.0. The van der Waals surface area contributed by atoms with Crippen LogP contribution in [-0.2, 0) is 4.74 Å². The van der Waals surface area contributed by atoms with Crippen LogP contribution in [0.15, 0.2) is 36.7 Å². The van der Waals surface area contributed by atoms with E-state index in [1.54, 1.807) is 19.2 Å². The van der Waals surface area contributed by atoms with Crippen LogP contribution in [0, 0.1) is 5.82 Å². The summed E-state index contributed by atoms with van der Waals surface area (Å²) in [6.07, 6.45) is 3.19. The molecule has 9 heteroatoms. The van der Waals surface area contributed by atoms with Crippen LogP contribution in [0.4, 0.5) is 10.2 Å². The van der Waals surface area contributed by atoms with Gasteiger partial charge in [-0.1, -0.05) is 0 Å². The summed E-state index contributed by atoms with van der Waals surface area (Å²) in [7, 11) is 0. The first-order chi connectivity index (χ1) is 13.0. The number of esters is 1. The molecule has 27 heavy (non-hydrogen) atoms. The molecule has 0 saturated heterocycles. The van der Waals surface area contributed by atoms with Crippen LogP contribution < -0.4 is 5.32 Å². The monoisotopic (exact) mass is 374 g/mol. The molecule has 0 spiro atoms. The van der Waals surface area contributed by atoms with Gasteiger partial charge in [-0.2, -0.15) is 5.10 Å². The number of phenols is 1. The van der Waals surface area contributed by atoms with Crippen molar-refractivity contribution in [2.45, 2.75) is 19.4 Å². The van der Waals surface area contributed by atoms with Crippen molar-refractivity contribution in [2.24, 2.45) is 0 Å². The number of benzene rings is 1. The first-order valence-electron chi connectivity index (χ1n) is 8.40. The Morgan fingerprint density at radius 2 is 2.22 bits per heavy atom. The highest BCUT2D eigenvalue weighted by molar-refractivity contribution is 5.95. The Bertz CT molecular complexity index is 960. The summed E-state index contributed by atoms with van der Waals surface area (Å²) in [5.41, 5.74) is 0.808. The molecular weight excluding hydrogens is 355 g/mol. The van der Waals surface area contributed by atoms with Crippen molar-refractivity contribution in [3.05, 3.63) is 53.6 Å². The third-order valence-corrected chi connectivity index (χ3v) is 3.97. The van der Waals surface area contributed by atoms with E-state index < -0.39 is 17.8 Å². The van der Waals surface area contributed by atoms with Gasteiger partial charge < -0.3 is 20.3 Å². The maximum atomic E-state index is 13.6. The van der Waals surface area contributed by atoms with Crippen LogP contribution in [0.25, 0.3) is 5.65 Å². The number of aromatic nitrogens is 3. The molecule has 2 aromatic heterocycles. The summed E-state index contributed by atoms with van der Waals surface area (Å²) >= 11 is 0. The molecule has 0 aliphatic carbocycles. The second-order valence-corrected chi connectivity index (χ2v) is 5.77. The molecule has 1 atom stereocenters. The quantitative estimate of drug-likeness (QED) is 0.544. The molecule has 0 bridgehead atoms. The lowest BCUT2D eigenvalue weighted by molar-refractivity contribution is 0.0528. The minimum Gasteiger partial charge on any atom is -0.508 e. The Hall–Kier alpha value is -3.20. The molecule has 3 aromatic rings. The lowest BCUT2D eigenvalue weighted by Gasteiger charge is -2.20. The number of aromatic hydroxyl groups is 1. The minimum atomic E-state index is -0.588. The molecule has 0 aliphatic heterocycles. The topological polar surface area (TPSA) is 109 Å². The fourth-order valence-electron chi connectivity index (χ4n) is 2.72. The molecule has 3 rings (SSSR count). The highest BCUT2D eigenvalue weighted by atomic mass is 19.1. The predicted molar refractivity (Wildman–Crippen MR) is 95.1 cm³/mol. The smallest absolute Gasteiger partial charge is 0.343 e. The second-order valence-electron chi connectivity index (χ2n) is 5.77. The normalized spacial score (nSPS) is 12.1. The summed E-state index contributed by atoms with van der Waals surface area (Å²) in [6, 6.07) is 4.63. The van der Waals surface area contributed by atoms with Gasteiger partial charge in [-0.05, 0) is 37.6 Å². The van der Waals surface area contributed by atoms with E-state index in [2.05, 4.69) is 15.4 Å². The number of fused-ring (bicyclic) bond motifs is 1. The fourth-order valence-corrected chi connectivity index (χ4v) is 2.72. The standard InChI is InChI=1S/C18H19FN4O4/c1-2-27-18(26)13-10-20-23-7-5-16(22-17(13)23)21-14(6-8-24)12-9-11(19)3-4-15(12)25/h3-5,7,9-10,14,24-25H,2,6,8H2,1H3,(H,21,22)/t14-/m1/s1. The van der Waals surface area contributed by atoms with Gasteiger partial charge in [-0.15, -0.1) is 0 Å². The molecule has 0 amide bonds. The molecule has 0 fully saturated rings. The average molecular weight is 374 g/mol. The molecule has 0 radical (unpaired) electrons. The zero-order chi connectivity index (χ0) is 19.4. The van der Waals surface area contributed by atoms with Crippen molar-refractivity contribution < 1.29 is 24.1 Å². The predicted octanol–water partition coefficient (Wildman–Crippen LogP) is 2.29. The molecule has 2 heterocycles. The van der Waals surface area contributed by atoms with E-state index in [4.69, 9.17) is 4.74 Å². The molecule has 8 nitrogen and oxygen atoms in total. The molecule has 0 aliphatic rings. The summed E-state index contributed by atoms with van der Waals surface area (Å²) in [4.78, 5) is 16.4. The van der Waals surface area contributed by atoms with Gasteiger partial charge in [0.1, 0.15) is 22.9 Å². The average Bonchev–Trinajstić information content (AvgIpc) is 3.07. The number of rotatable bonds is 7. The summed E-state index contributed by atoms with van der Waals surface area (Å²) in [5.74, 6) is -0.765. The van der Waals surface area contributed by atoms with Gasteiger partial charge in [-0.25, -0.2) is 18.7 Å². The van der Waals surface area contributed by atoms with E-state index in [1.807, 2.05) is 0 Å². The number of aliphatic hydroxyl groups excluding tert-OH is 1. The summed E-state index contributed by atoms with van der Waals surface area (Å²) in [6.45, 7) is 1.75. The van der Waals surface area contributed by atoms with Gasteiger partial charge in [0.25, 0.3) is 0 Å². The minimum absolute atomic E-state index is 0.0972. The summed E-state index contributed by atoms with van der Waals surface area (Å²) < 4.78 is 20.0. The Morgan fingerprint density at radius 1 is 1.41 bits per heavy atom. The number of hydrogen-bond donors (Lipinski definition) is 3. The number of anilines is 1. The van der Waals surface area contributed by atoms with Crippen LogP contribution in [0.1, 0.15) is 35.3 Å². The van der Waals surface area contributed by atoms with Gasteiger partial charge in [-0.3, -0.25) is 0 Å². The highest BCUT2D eigenvalue weighted by Crippen LogP contribution is 2.30. The Kier molecular flexibility index (Phi) is 5.51. The maximum Gasteiger partial charge on any atom is 0.343 e. The number of aliphatic hydroxyl groups is 1.